The minimum atomic E-state index is -0.978. The van der Waals surface area contributed by atoms with E-state index < -0.39 is 36.2 Å². The van der Waals surface area contributed by atoms with Crippen LogP contribution in [-0.4, -0.2) is 30.4 Å². The fourth-order valence-electron chi connectivity index (χ4n) is 3.34. The number of hydrogen-bond acceptors (Lipinski definition) is 5. The molecule has 1 fully saturated rings. The largest absolute Gasteiger partial charge is 0.481 e. The number of carbonyl (C=O) groups is 4. The Morgan fingerprint density at radius 1 is 0.973 bits per heavy atom. The van der Waals surface area contributed by atoms with Gasteiger partial charge in [0.1, 0.15) is 11.4 Å². The molecular formula is C25H15Cl3FN3O5. The molecule has 0 radical (unpaired) electrons. The highest BCUT2D eigenvalue weighted by Crippen LogP contribution is 2.35. The van der Waals surface area contributed by atoms with Gasteiger partial charge < -0.3 is 10.1 Å². The number of urea groups is 1. The Morgan fingerprint density at radius 3 is 2.27 bits per heavy atom. The average molecular weight is 563 g/mol. The molecule has 1 saturated heterocycles. The number of nitrogens with zero attached hydrogens (tertiary/aromatic N) is 1. The Balaban J connectivity index is 1.53. The van der Waals surface area contributed by atoms with Gasteiger partial charge in [-0.15, -0.1) is 0 Å². The third kappa shape index (κ3) is 5.91. The Kier molecular flexibility index (Phi) is 7.77. The summed E-state index contributed by atoms with van der Waals surface area (Å²) < 4.78 is 18.7. The van der Waals surface area contributed by atoms with Crippen molar-refractivity contribution in [1.82, 2.24) is 5.32 Å². The first-order valence-electron chi connectivity index (χ1n) is 10.5. The van der Waals surface area contributed by atoms with Crippen molar-refractivity contribution in [3.8, 4) is 5.75 Å². The van der Waals surface area contributed by atoms with Crippen LogP contribution in [0.3, 0.4) is 0 Å². The molecule has 12 heteroatoms. The maximum absolute atomic E-state index is 13.3. The summed E-state index contributed by atoms with van der Waals surface area (Å²) in [5.41, 5.74) is 0.330. The van der Waals surface area contributed by atoms with Crippen LogP contribution in [0, 0.1) is 5.82 Å². The van der Waals surface area contributed by atoms with E-state index in [2.05, 4.69) is 10.6 Å². The Bertz CT molecular complexity index is 1440. The molecule has 4 rings (SSSR count). The molecule has 188 valence electrons. The molecule has 1 heterocycles. The Morgan fingerprint density at radius 2 is 1.62 bits per heavy atom. The molecule has 37 heavy (non-hydrogen) atoms. The van der Waals surface area contributed by atoms with E-state index in [0.29, 0.717) is 15.6 Å². The van der Waals surface area contributed by atoms with Gasteiger partial charge in [-0.1, -0.05) is 46.9 Å². The summed E-state index contributed by atoms with van der Waals surface area (Å²) in [5.74, 6) is -2.93. The maximum Gasteiger partial charge on any atom is 0.335 e. The lowest BCUT2D eigenvalue weighted by Gasteiger charge is -2.26. The van der Waals surface area contributed by atoms with E-state index in [-0.39, 0.29) is 32.6 Å². The summed E-state index contributed by atoms with van der Waals surface area (Å²) in [6, 6.07) is 13.0. The summed E-state index contributed by atoms with van der Waals surface area (Å²) in [4.78, 5) is 50.5. The normalized spacial score (nSPS) is 14.5. The van der Waals surface area contributed by atoms with E-state index in [0.717, 1.165) is 12.1 Å². The number of rotatable bonds is 6. The first kappa shape index (κ1) is 26.2. The number of amides is 5. The van der Waals surface area contributed by atoms with Crippen LogP contribution >= 0.6 is 34.8 Å². The van der Waals surface area contributed by atoms with Gasteiger partial charge in [0, 0.05) is 0 Å². The minimum absolute atomic E-state index is 0.0000252. The fourth-order valence-corrected chi connectivity index (χ4v) is 4.13. The number of carbonyl (C=O) groups excluding carboxylic acids is 4. The number of ether oxygens (including phenoxy) is 1. The van der Waals surface area contributed by atoms with Crippen LogP contribution in [0.5, 0.6) is 5.75 Å². The number of barbiturate groups is 1. The van der Waals surface area contributed by atoms with E-state index in [9.17, 15) is 23.6 Å². The summed E-state index contributed by atoms with van der Waals surface area (Å²) in [6.45, 7) is -0.430. The topological polar surface area (TPSA) is 105 Å². The summed E-state index contributed by atoms with van der Waals surface area (Å²) >= 11 is 18.6. The molecule has 1 aliphatic heterocycles. The van der Waals surface area contributed by atoms with Crippen molar-refractivity contribution in [1.29, 1.82) is 0 Å². The molecule has 0 unspecified atom stereocenters. The van der Waals surface area contributed by atoms with Crippen molar-refractivity contribution < 1.29 is 28.3 Å². The summed E-state index contributed by atoms with van der Waals surface area (Å²) in [7, 11) is 0. The molecule has 0 spiro atoms. The molecule has 5 amide bonds. The van der Waals surface area contributed by atoms with Gasteiger partial charge in [-0.3, -0.25) is 19.7 Å². The molecule has 8 nitrogen and oxygen atoms in total. The fraction of sp³-hybridized carbons (Fsp3) is 0.0400. The predicted molar refractivity (Wildman–Crippen MR) is 137 cm³/mol. The molecule has 1 aliphatic rings. The Hall–Kier alpha value is -3.92. The van der Waals surface area contributed by atoms with Crippen molar-refractivity contribution >= 4 is 76.0 Å². The molecule has 0 aromatic heterocycles. The molecular weight excluding hydrogens is 548 g/mol. The van der Waals surface area contributed by atoms with Crippen molar-refractivity contribution in [3.63, 3.8) is 0 Å². The lowest BCUT2D eigenvalue weighted by Crippen LogP contribution is -2.54. The molecule has 0 atom stereocenters. The number of hydrogen-bond donors (Lipinski definition) is 2. The van der Waals surface area contributed by atoms with Gasteiger partial charge in [0.2, 0.25) is 0 Å². The van der Waals surface area contributed by atoms with E-state index in [1.54, 1.807) is 24.3 Å². The van der Waals surface area contributed by atoms with E-state index in [1.807, 2.05) is 0 Å². The number of imide groups is 2. The zero-order valence-electron chi connectivity index (χ0n) is 18.6. The number of nitrogens with one attached hydrogen (secondary N) is 2. The lowest BCUT2D eigenvalue weighted by molar-refractivity contribution is -0.122. The van der Waals surface area contributed by atoms with Gasteiger partial charge in [0.25, 0.3) is 17.7 Å². The highest BCUT2D eigenvalue weighted by Gasteiger charge is 2.36. The first-order chi connectivity index (χ1) is 17.6. The zero-order valence-corrected chi connectivity index (χ0v) is 20.8. The van der Waals surface area contributed by atoms with Crippen molar-refractivity contribution in [2.24, 2.45) is 0 Å². The van der Waals surface area contributed by atoms with Crippen LogP contribution < -0.4 is 20.3 Å². The molecule has 0 aliphatic carbocycles. The summed E-state index contributed by atoms with van der Waals surface area (Å²) in [6.07, 6.45) is 1.19. The van der Waals surface area contributed by atoms with Gasteiger partial charge >= 0.3 is 6.03 Å². The summed E-state index contributed by atoms with van der Waals surface area (Å²) in [5, 5.41) is 5.01. The zero-order chi connectivity index (χ0) is 26.7. The van der Waals surface area contributed by atoms with Crippen molar-refractivity contribution in [3.05, 3.63) is 92.7 Å². The quantitative estimate of drug-likeness (QED) is 0.306. The van der Waals surface area contributed by atoms with E-state index in [1.165, 1.54) is 30.3 Å². The lowest BCUT2D eigenvalue weighted by atomic mass is 10.1. The van der Waals surface area contributed by atoms with Crippen LogP contribution in [0.1, 0.15) is 5.56 Å². The van der Waals surface area contributed by atoms with Gasteiger partial charge in [-0.2, -0.15) is 0 Å². The third-order valence-electron chi connectivity index (χ3n) is 5.01. The van der Waals surface area contributed by atoms with Crippen LogP contribution in [0.25, 0.3) is 6.08 Å². The van der Waals surface area contributed by atoms with Gasteiger partial charge in [0.05, 0.1) is 26.4 Å². The Labute approximate surface area is 224 Å². The van der Waals surface area contributed by atoms with Crippen molar-refractivity contribution in [2.45, 2.75) is 0 Å². The van der Waals surface area contributed by atoms with Crippen LogP contribution in [-0.2, 0) is 14.4 Å². The molecule has 2 N–H and O–H groups in total. The number of halogens is 4. The number of para-hydroxylation sites is 1. The van der Waals surface area contributed by atoms with Crippen LogP contribution in [0.2, 0.25) is 15.1 Å². The van der Waals surface area contributed by atoms with Gasteiger partial charge in [-0.05, 0) is 60.2 Å². The predicted octanol–water partition coefficient (Wildman–Crippen LogP) is 5.47. The SMILES string of the molecule is O=C(COc1c(Cl)cc(/C=C2\C(=O)NC(=O)N(c3ccc(F)cc3)C2=O)cc1Cl)Nc1ccccc1Cl. The molecule has 3 aromatic rings. The number of anilines is 2. The van der Waals surface area contributed by atoms with Gasteiger partial charge in [0.15, 0.2) is 12.4 Å². The second-order valence-electron chi connectivity index (χ2n) is 7.56. The van der Waals surface area contributed by atoms with Crippen molar-refractivity contribution in [2.75, 3.05) is 16.8 Å². The van der Waals surface area contributed by atoms with E-state index in [4.69, 9.17) is 39.5 Å². The number of benzene rings is 3. The van der Waals surface area contributed by atoms with E-state index >= 15 is 0 Å². The molecule has 0 bridgehead atoms. The highest BCUT2D eigenvalue weighted by atomic mass is 35.5. The monoisotopic (exact) mass is 561 g/mol. The highest BCUT2D eigenvalue weighted by molar-refractivity contribution is 6.40. The maximum atomic E-state index is 13.3. The third-order valence-corrected chi connectivity index (χ3v) is 5.90. The molecule has 3 aromatic carbocycles. The molecule has 0 saturated carbocycles. The smallest absolute Gasteiger partial charge is 0.335 e. The average Bonchev–Trinajstić information content (AvgIpc) is 2.84. The standard InChI is InChI=1S/C25H15Cl3FN3O5/c26-17-3-1-2-4-20(17)30-21(33)12-37-22-18(27)10-13(11-19(22)28)9-16-23(34)31-25(36)32(24(16)35)15-7-5-14(29)6-8-15/h1-11H,12H2,(H,30,33)(H,31,34,36)/b16-9+. The van der Waals surface area contributed by atoms with Crippen LogP contribution in [0.4, 0.5) is 20.6 Å². The van der Waals surface area contributed by atoms with Crippen LogP contribution in [0.15, 0.2) is 66.2 Å². The van der Waals surface area contributed by atoms with Gasteiger partial charge in [-0.25, -0.2) is 14.1 Å². The second-order valence-corrected chi connectivity index (χ2v) is 8.79. The minimum Gasteiger partial charge on any atom is -0.481 e. The second kappa shape index (κ2) is 11.0. The first-order valence-corrected chi connectivity index (χ1v) is 11.6.